The lowest BCUT2D eigenvalue weighted by Gasteiger charge is -2.37. The van der Waals surface area contributed by atoms with Crippen LogP contribution in [0.25, 0.3) is 0 Å². The van der Waals surface area contributed by atoms with Crippen molar-refractivity contribution < 1.29 is 9.53 Å². The highest BCUT2D eigenvalue weighted by atomic mass is 16.6. The first-order valence-corrected chi connectivity index (χ1v) is 5.68. The van der Waals surface area contributed by atoms with Crippen LogP contribution in [-0.2, 0) is 9.53 Å². The highest BCUT2D eigenvalue weighted by Gasteiger charge is 2.42. The fraction of sp³-hybridized carbons (Fsp3) is 0.909. The third-order valence-electron chi connectivity index (χ3n) is 3.42. The van der Waals surface area contributed by atoms with Crippen LogP contribution >= 0.6 is 0 Å². The summed E-state index contributed by atoms with van der Waals surface area (Å²) in [6, 6.07) is 0. The minimum absolute atomic E-state index is 0.00828. The minimum Gasteiger partial charge on any atom is -0.459 e. The first kappa shape index (κ1) is 9.97. The van der Waals surface area contributed by atoms with Gasteiger partial charge in [0, 0.05) is 19.5 Å². The molecular weight excluding hydrogens is 178 g/mol. The van der Waals surface area contributed by atoms with E-state index in [0.717, 1.165) is 32.4 Å². The van der Waals surface area contributed by atoms with Crippen molar-refractivity contribution >= 4 is 5.97 Å². The summed E-state index contributed by atoms with van der Waals surface area (Å²) in [5.74, 6) is 0.00828. The van der Waals surface area contributed by atoms with E-state index in [-0.39, 0.29) is 11.6 Å². The predicted octanol–water partition coefficient (Wildman–Crippen LogP) is 1.57. The van der Waals surface area contributed by atoms with Gasteiger partial charge in [-0.25, -0.2) is 0 Å². The molecule has 2 heterocycles. The molecule has 0 N–H and O–H groups in total. The van der Waals surface area contributed by atoms with Crippen LogP contribution in [0, 0.1) is 0 Å². The Balaban J connectivity index is 1.86. The van der Waals surface area contributed by atoms with Gasteiger partial charge in [-0.1, -0.05) is 6.92 Å². The maximum absolute atomic E-state index is 11.1. The molecule has 3 nitrogen and oxygen atoms in total. The Kier molecular flexibility index (Phi) is 2.77. The molecule has 0 aromatic heterocycles. The van der Waals surface area contributed by atoms with E-state index in [2.05, 4.69) is 11.8 Å². The molecule has 0 aromatic rings. The van der Waals surface area contributed by atoms with Crippen LogP contribution in [0.1, 0.15) is 39.0 Å². The van der Waals surface area contributed by atoms with Gasteiger partial charge in [0.25, 0.3) is 0 Å². The van der Waals surface area contributed by atoms with E-state index < -0.39 is 0 Å². The average molecular weight is 197 g/mol. The van der Waals surface area contributed by atoms with Crippen molar-refractivity contribution in [2.75, 3.05) is 19.6 Å². The summed E-state index contributed by atoms with van der Waals surface area (Å²) in [6.45, 7) is 5.59. The van der Waals surface area contributed by atoms with Crippen LogP contribution < -0.4 is 0 Å². The van der Waals surface area contributed by atoms with Crippen LogP contribution in [0.5, 0.6) is 0 Å². The average Bonchev–Trinajstić information content (AvgIpc) is 2.53. The second kappa shape index (κ2) is 3.89. The molecule has 2 fully saturated rings. The summed E-state index contributed by atoms with van der Waals surface area (Å²) in [5, 5.41) is 0. The normalized spacial score (nSPS) is 26.8. The zero-order chi connectivity index (χ0) is 10.0. The van der Waals surface area contributed by atoms with Gasteiger partial charge in [-0.2, -0.15) is 0 Å². The van der Waals surface area contributed by atoms with Crippen LogP contribution in [-0.4, -0.2) is 36.1 Å². The number of esters is 1. The van der Waals surface area contributed by atoms with Crippen LogP contribution in [0.15, 0.2) is 0 Å². The molecule has 0 atom stereocenters. The second-order valence-corrected chi connectivity index (χ2v) is 4.50. The second-order valence-electron chi connectivity index (χ2n) is 4.50. The van der Waals surface area contributed by atoms with Crippen molar-refractivity contribution in [2.45, 2.75) is 44.6 Å². The first-order chi connectivity index (χ1) is 6.74. The lowest BCUT2D eigenvalue weighted by molar-refractivity contribution is -0.151. The number of rotatable bonds is 2. The quantitative estimate of drug-likeness (QED) is 0.629. The highest BCUT2D eigenvalue weighted by Crippen LogP contribution is 2.36. The van der Waals surface area contributed by atoms with Gasteiger partial charge in [0.1, 0.15) is 5.60 Å². The molecule has 0 unspecified atom stereocenters. The summed E-state index contributed by atoms with van der Waals surface area (Å²) < 4.78 is 5.45. The largest absolute Gasteiger partial charge is 0.459 e. The molecular formula is C11H19NO2. The molecule has 2 rings (SSSR count). The lowest BCUT2D eigenvalue weighted by atomic mass is 9.88. The number of hydrogen-bond donors (Lipinski definition) is 0. The van der Waals surface area contributed by atoms with Crippen LogP contribution in [0.4, 0.5) is 0 Å². The van der Waals surface area contributed by atoms with Gasteiger partial charge >= 0.3 is 5.97 Å². The minimum atomic E-state index is -0.0681. The third-order valence-corrected chi connectivity index (χ3v) is 3.42. The zero-order valence-corrected chi connectivity index (χ0v) is 8.92. The number of hydrogen-bond acceptors (Lipinski definition) is 3. The number of likely N-dealkylation sites (tertiary alicyclic amines) is 1. The summed E-state index contributed by atoms with van der Waals surface area (Å²) in [6.07, 6.45) is 4.88. The maximum atomic E-state index is 11.1. The van der Waals surface area contributed by atoms with Gasteiger partial charge in [0.2, 0.25) is 0 Å². The Hall–Kier alpha value is -0.570. The Morgan fingerprint density at radius 1 is 1.36 bits per heavy atom. The van der Waals surface area contributed by atoms with Crippen LogP contribution in [0.2, 0.25) is 0 Å². The lowest BCUT2D eigenvalue weighted by Crippen LogP contribution is -2.44. The van der Waals surface area contributed by atoms with Crippen LogP contribution in [0.3, 0.4) is 0 Å². The molecule has 2 aliphatic rings. The summed E-state index contributed by atoms with van der Waals surface area (Å²) in [5.41, 5.74) is -0.0681. The molecule has 1 spiro atoms. The number of nitrogens with zero attached hydrogens (tertiary/aromatic N) is 1. The van der Waals surface area contributed by atoms with Crippen molar-refractivity contribution in [3.05, 3.63) is 0 Å². The van der Waals surface area contributed by atoms with Gasteiger partial charge < -0.3 is 9.64 Å². The molecule has 0 aromatic carbocycles. The van der Waals surface area contributed by atoms with E-state index in [1.165, 1.54) is 13.0 Å². The summed E-state index contributed by atoms with van der Waals surface area (Å²) >= 11 is 0. The Morgan fingerprint density at radius 3 is 2.57 bits per heavy atom. The monoisotopic (exact) mass is 197 g/mol. The van der Waals surface area contributed by atoms with E-state index in [1.54, 1.807) is 0 Å². The molecule has 2 saturated heterocycles. The van der Waals surface area contributed by atoms with E-state index in [9.17, 15) is 4.79 Å². The zero-order valence-electron chi connectivity index (χ0n) is 8.92. The number of piperidine rings is 1. The van der Waals surface area contributed by atoms with Crippen molar-refractivity contribution in [2.24, 2.45) is 0 Å². The van der Waals surface area contributed by atoms with Gasteiger partial charge in [0.15, 0.2) is 0 Å². The van der Waals surface area contributed by atoms with E-state index in [4.69, 9.17) is 4.74 Å². The third kappa shape index (κ3) is 1.92. The highest BCUT2D eigenvalue weighted by molar-refractivity contribution is 5.72. The van der Waals surface area contributed by atoms with E-state index in [0.29, 0.717) is 6.42 Å². The van der Waals surface area contributed by atoms with Gasteiger partial charge in [0.05, 0.1) is 0 Å². The molecule has 0 saturated carbocycles. The number of carbonyl (C=O) groups is 1. The molecule has 80 valence electrons. The first-order valence-electron chi connectivity index (χ1n) is 5.68. The smallest absolute Gasteiger partial charge is 0.306 e. The Bertz CT molecular complexity index is 219. The molecule has 3 heteroatoms. The van der Waals surface area contributed by atoms with Crippen molar-refractivity contribution in [3.8, 4) is 0 Å². The summed E-state index contributed by atoms with van der Waals surface area (Å²) in [7, 11) is 0. The van der Waals surface area contributed by atoms with Crippen molar-refractivity contribution in [1.82, 2.24) is 4.90 Å². The van der Waals surface area contributed by atoms with Gasteiger partial charge in [-0.15, -0.1) is 0 Å². The molecule has 14 heavy (non-hydrogen) atoms. The van der Waals surface area contributed by atoms with Gasteiger partial charge in [-0.3, -0.25) is 4.79 Å². The Labute approximate surface area is 85.4 Å². The SMILES string of the molecule is CCCN1CCC2(CCC(=O)O2)CC1. The predicted molar refractivity (Wildman–Crippen MR) is 54.0 cm³/mol. The summed E-state index contributed by atoms with van der Waals surface area (Å²) in [4.78, 5) is 13.6. The molecule has 0 amide bonds. The van der Waals surface area contributed by atoms with Gasteiger partial charge in [-0.05, 0) is 32.2 Å². The number of ether oxygens (including phenoxy) is 1. The molecule has 0 bridgehead atoms. The molecule has 0 aliphatic carbocycles. The maximum Gasteiger partial charge on any atom is 0.306 e. The van der Waals surface area contributed by atoms with Crippen molar-refractivity contribution in [3.63, 3.8) is 0 Å². The van der Waals surface area contributed by atoms with E-state index >= 15 is 0 Å². The molecule has 2 aliphatic heterocycles. The van der Waals surface area contributed by atoms with E-state index in [1.807, 2.05) is 0 Å². The Morgan fingerprint density at radius 2 is 2.07 bits per heavy atom. The standard InChI is InChI=1S/C11H19NO2/c1-2-7-12-8-5-11(6-9-12)4-3-10(13)14-11/h2-9H2,1H3. The fourth-order valence-corrected chi connectivity index (χ4v) is 2.53. The molecule has 0 radical (unpaired) electrons. The van der Waals surface area contributed by atoms with Crippen molar-refractivity contribution in [1.29, 1.82) is 0 Å². The topological polar surface area (TPSA) is 29.5 Å². The number of carbonyl (C=O) groups excluding carboxylic acids is 1. The fourth-order valence-electron chi connectivity index (χ4n) is 2.53.